The molecule has 1 fully saturated rings. The lowest BCUT2D eigenvalue weighted by atomic mass is 9.72. The third-order valence-electron chi connectivity index (χ3n) is 7.84. The average Bonchev–Trinajstić information content (AvgIpc) is 3.48. The molecule has 5 heteroatoms. The standard InChI is InChI=1S/C28H33FN2OS/c1-20-6-7-22(18-30-20)27(2,3)31-14-13-28(19-31,12-10-24-5-4-16-33-24)26-25-9-8-23(29)17-21(25)11-15-32-26/h4-9,16-18,26H,10-15,19H2,1-3H3/t26?,28-/m1/s1. The van der Waals surface area contributed by atoms with Crippen LogP contribution in [-0.2, 0) is 23.1 Å². The van der Waals surface area contributed by atoms with Crippen molar-refractivity contribution >= 4 is 11.3 Å². The maximum Gasteiger partial charge on any atom is 0.123 e. The van der Waals surface area contributed by atoms with Crippen molar-refractivity contribution in [2.75, 3.05) is 19.7 Å². The predicted octanol–water partition coefficient (Wildman–Crippen LogP) is 6.46. The Labute approximate surface area is 200 Å². The second kappa shape index (κ2) is 8.94. The van der Waals surface area contributed by atoms with Gasteiger partial charge in [-0.15, -0.1) is 11.3 Å². The number of aryl methyl sites for hydroxylation is 2. The van der Waals surface area contributed by atoms with Crippen LogP contribution >= 0.6 is 11.3 Å². The molecule has 3 nitrogen and oxygen atoms in total. The molecule has 0 N–H and O–H groups in total. The van der Waals surface area contributed by atoms with Gasteiger partial charge in [-0.25, -0.2) is 4.39 Å². The van der Waals surface area contributed by atoms with Crippen LogP contribution < -0.4 is 0 Å². The number of pyridine rings is 1. The van der Waals surface area contributed by atoms with Crippen molar-refractivity contribution < 1.29 is 9.13 Å². The summed E-state index contributed by atoms with van der Waals surface area (Å²) in [7, 11) is 0. The maximum absolute atomic E-state index is 14.0. The summed E-state index contributed by atoms with van der Waals surface area (Å²) < 4.78 is 20.5. The molecule has 2 aliphatic rings. The van der Waals surface area contributed by atoms with Gasteiger partial charge in [-0.1, -0.05) is 18.2 Å². The Kier molecular flexibility index (Phi) is 6.15. The number of fused-ring (bicyclic) bond motifs is 1. The quantitative estimate of drug-likeness (QED) is 0.418. The number of ether oxygens (including phenoxy) is 1. The summed E-state index contributed by atoms with van der Waals surface area (Å²) in [6.07, 6.45) is 5.99. The van der Waals surface area contributed by atoms with Crippen LogP contribution in [-0.4, -0.2) is 29.6 Å². The van der Waals surface area contributed by atoms with Crippen LogP contribution in [0.4, 0.5) is 4.39 Å². The zero-order valence-electron chi connectivity index (χ0n) is 19.8. The van der Waals surface area contributed by atoms with E-state index in [4.69, 9.17) is 4.74 Å². The van der Waals surface area contributed by atoms with Crippen molar-refractivity contribution in [3.05, 3.63) is 87.1 Å². The van der Waals surface area contributed by atoms with E-state index in [0.717, 1.165) is 50.0 Å². The van der Waals surface area contributed by atoms with Gasteiger partial charge in [0.15, 0.2) is 0 Å². The first-order valence-corrected chi connectivity index (χ1v) is 12.9. The Bertz CT molecular complexity index is 1100. The summed E-state index contributed by atoms with van der Waals surface area (Å²) >= 11 is 1.83. The fraction of sp³-hybridized carbons (Fsp3) is 0.464. The molecule has 4 heterocycles. The van der Waals surface area contributed by atoms with Crippen LogP contribution in [0.25, 0.3) is 0 Å². The van der Waals surface area contributed by atoms with Crippen LogP contribution in [0.3, 0.4) is 0 Å². The highest BCUT2D eigenvalue weighted by atomic mass is 32.1. The minimum absolute atomic E-state index is 0.00115. The highest BCUT2D eigenvalue weighted by Crippen LogP contribution is 2.52. The van der Waals surface area contributed by atoms with Gasteiger partial charge >= 0.3 is 0 Å². The molecule has 1 unspecified atom stereocenters. The van der Waals surface area contributed by atoms with Crippen molar-refractivity contribution in [2.24, 2.45) is 5.41 Å². The molecule has 2 atom stereocenters. The third-order valence-corrected chi connectivity index (χ3v) is 8.78. The number of nitrogens with zero attached hydrogens (tertiary/aromatic N) is 2. The lowest BCUT2D eigenvalue weighted by molar-refractivity contribution is -0.0561. The lowest BCUT2D eigenvalue weighted by Gasteiger charge is -2.43. The highest BCUT2D eigenvalue weighted by molar-refractivity contribution is 7.09. The van der Waals surface area contributed by atoms with Gasteiger partial charge in [-0.2, -0.15) is 0 Å². The minimum Gasteiger partial charge on any atom is -0.373 e. The number of halogens is 1. The molecule has 0 radical (unpaired) electrons. The van der Waals surface area contributed by atoms with Gasteiger partial charge in [0.05, 0.1) is 12.7 Å². The molecule has 2 aliphatic heterocycles. The van der Waals surface area contributed by atoms with E-state index in [1.54, 1.807) is 12.1 Å². The predicted molar refractivity (Wildman–Crippen MR) is 132 cm³/mol. The van der Waals surface area contributed by atoms with Gasteiger partial charge in [0.2, 0.25) is 0 Å². The van der Waals surface area contributed by atoms with E-state index in [1.807, 2.05) is 30.5 Å². The van der Waals surface area contributed by atoms with Gasteiger partial charge in [0.1, 0.15) is 5.82 Å². The number of thiophene rings is 1. The first kappa shape index (κ1) is 22.7. The van der Waals surface area contributed by atoms with E-state index in [1.165, 1.54) is 16.0 Å². The number of aromatic nitrogens is 1. The second-order valence-corrected chi connectivity index (χ2v) is 11.2. The molecule has 0 bridgehead atoms. The average molecular weight is 465 g/mol. The number of hydrogen-bond acceptors (Lipinski definition) is 4. The molecular weight excluding hydrogens is 431 g/mol. The van der Waals surface area contributed by atoms with E-state index in [-0.39, 0.29) is 22.9 Å². The molecule has 0 saturated carbocycles. The van der Waals surface area contributed by atoms with E-state index in [9.17, 15) is 4.39 Å². The number of likely N-dealkylation sites (tertiary alicyclic amines) is 1. The summed E-state index contributed by atoms with van der Waals surface area (Å²) in [6.45, 7) is 9.28. The minimum atomic E-state index is -0.150. The number of hydrogen-bond donors (Lipinski definition) is 0. The summed E-state index contributed by atoms with van der Waals surface area (Å²) in [4.78, 5) is 8.59. The Morgan fingerprint density at radius 2 is 2.12 bits per heavy atom. The molecule has 1 aromatic carbocycles. The zero-order valence-corrected chi connectivity index (χ0v) is 20.6. The monoisotopic (exact) mass is 464 g/mol. The van der Waals surface area contributed by atoms with E-state index in [2.05, 4.69) is 53.4 Å². The van der Waals surface area contributed by atoms with E-state index in [0.29, 0.717) is 6.61 Å². The largest absolute Gasteiger partial charge is 0.373 e. The molecule has 33 heavy (non-hydrogen) atoms. The highest BCUT2D eigenvalue weighted by Gasteiger charge is 2.50. The smallest absolute Gasteiger partial charge is 0.123 e. The first-order chi connectivity index (χ1) is 15.9. The zero-order chi connectivity index (χ0) is 23.1. The van der Waals surface area contributed by atoms with Crippen molar-refractivity contribution in [1.29, 1.82) is 0 Å². The van der Waals surface area contributed by atoms with Gasteiger partial charge in [-0.3, -0.25) is 9.88 Å². The summed E-state index contributed by atoms with van der Waals surface area (Å²) in [5.41, 5.74) is 4.46. The molecule has 174 valence electrons. The Morgan fingerprint density at radius 1 is 1.24 bits per heavy atom. The molecule has 0 aliphatic carbocycles. The molecule has 0 amide bonds. The molecule has 0 spiro atoms. The number of benzene rings is 1. The first-order valence-electron chi connectivity index (χ1n) is 12.0. The summed E-state index contributed by atoms with van der Waals surface area (Å²) in [5, 5.41) is 2.16. The molecule has 2 aromatic heterocycles. The van der Waals surface area contributed by atoms with Crippen LogP contribution in [0.2, 0.25) is 0 Å². The van der Waals surface area contributed by atoms with E-state index < -0.39 is 0 Å². The van der Waals surface area contributed by atoms with Crippen LogP contribution in [0.15, 0.2) is 54.0 Å². The Hall–Kier alpha value is -2.08. The normalized spacial score (nSPS) is 23.6. The van der Waals surface area contributed by atoms with Crippen LogP contribution in [0.5, 0.6) is 0 Å². The van der Waals surface area contributed by atoms with E-state index >= 15 is 0 Å². The van der Waals surface area contributed by atoms with Gasteiger partial charge in [0.25, 0.3) is 0 Å². The van der Waals surface area contributed by atoms with Gasteiger partial charge < -0.3 is 4.74 Å². The molecule has 5 rings (SSSR count). The van der Waals surface area contributed by atoms with Crippen molar-refractivity contribution in [3.63, 3.8) is 0 Å². The molecule has 3 aromatic rings. The van der Waals surface area contributed by atoms with Crippen molar-refractivity contribution in [1.82, 2.24) is 9.88 Å². The fourth-order valence-electron chi connectivity index (χ4n) is 5.69. The van der Waals surface area contributed by atoms with Gasteiger partial charge in [0, 0.05) is 34.3 Å². The maximum atomic E-state index is 14.0. The van der Waals surface area contributed by atoms with Crippen molar-refractivity contribution in [2.45, 2.75) is 58.1 Å². The Balaban J connectivity index is 1.48. The van der Waals surface area contributed by atoms with Gasteiger partial charge in [-0.05, 0) is 99.3 Å². The molecule has 1 saturated heterocycles. The topological polar surface area (TPSA) is 25.4 Å². The lowest BCUT2D eigenvalue weighted by Crippen LogP contribution is -2.43. The number of rotatable bonds is 6. The Morgan fingerprint density at radius 3 is 2.88 bits per heavy atom. The van der Waals surface area contributed by atoms with Crippen molar-refractivity contribution in [3.8, 4) is 0 Å². The van der Waals surface area contributed by atoms with Crippen LogP contribution in [0.1, 0.15) is 60.1 Å². The molecular formula is C28H33FN2OS. The fourth-order valence-corrected chi connectivity index (χ4v) is 6.40. The second-order valence-electron chi connectivity index (χ2n) is 10.2. The SMILES string of the molecule is Cc1ccc(C(C)(C)N2CC[C@@](CCc3cccs3)(C3OCCc4cc(F)ccc43)C2)cn1. The summed E-state index contributed by atoms with van der Waals surface area (Å²) in [5.74, 6) is -0.150. The third kappa shape index (κ3) is 4.39. The summed E-state index contributed by atoms with van der Waals surface area (Å²) in [6, 6.07) is 14.0. The van der Waals surface area contributed by atoms with Crippen LogP contribution in [0, 0.1) is 18.2 Å².